The minimum absolute atomic E-state index is 0.00205. The molecule has 1 saturated heterocycles. The summed E-state index contributed by atoms with van der Waals surface area (Å²) < 4.78 is 34.1. The third kappa shape index (κ3) is 5.85. The lowest BCUT2D eigenvalue weighted by Crippen LogP contribution is -2.26. The highest BCUT2D eigenvalue weighted by molar-refractivity contribution is 7.92. The Morgan fingerprint density at radius 1 is 1.08 bits per heavy atom. The molecule has 0 unspecified atom stereocenters. The zero-order chi connectivity index (χ0) is 27.1. The summed E-state index contributed by atoms with van der Waals surface area (Å²) in [5, 5.41) is 13.9. The Kier molecular flexibility index (Phi) is 7.15. The van der Waals surface area contributed by atoms with Crippen molar-refractivity contribution >= 4 is 44.6 Å². The van der Waals surface area contributed by atoms with E-state index >= 15 is 0 Å². The molecule has 10 nitrogen and oxygen atoms in total. The average molecular weight is 572 g/mol. The average Bonchev–Trinajstić information content (AvgIpc) is 3.87. The van der Waals surface area contributed by atoms with Crippen molar-refractivity contribution < 1.29 is 13.2 Å². The normalized spacial score (nSPS) is 18.4. The first-order valence-corrected chi connectivity index (χ1v) is 15.6. The minimum atomic E-state index is -3.63. The van der Waals surface area contributed by atoms with E-state index in [1.165, 1.54) is 11.8 Å². The van der Waals surface area contributed by atoms with E-state index in [1.807, 2.05) is 6.07 Å². The number of nitrogens with one attached hydrogen (secondary N) is 3. The van der Waals surface area contributed by atoms with E-state index in [0.29, 0.717) is 23.4 Å². The molecule has 3 fully saturated rings. The smallest absolute Gasteiger partial charge is 0.229 e. The van der Waals surface area contributed by atoms with Crippen LogP contribution in [0.3, 0.4) is 0 Å². The molecule has 12 heteroatoms. The first-order chi connectivity index (χ1) is 18.8. The van der Waals surface area contributed by atoms with Crippen molar-refractivity contribution in [1.82, 2.24) is 25.1 Å². The second-order valence-corrected chi connectivity index (χ2v) is 13.7. The van der Waals surface area contributed by atoms with Crippen LogP contribution in [0.15, 0.2) is 35.6 Å². The van der Waals surface area contributed by atoms with Crippen LogP contribution >= 0.6 is 11.6 Å². The molecule has 0 spiro atoms. The number of ether oxygens (including phenoxy) is 1. The molecule has 0 atom stereocenters. The molecule has 0 bridgehead atoms. The van der Waals surface area contributed by atoms with Crippen molar-refractivity contribution in [3.63, 3.8) is 0 Å². The molecule has 2 aliphatic carbocycles. The Bertz CT molecular complexity index is 1460. The molecule has 39 heavy (non-hydrogen) atoms. The van der Waals surface area contributed by atoms with Gasteiger partial charge in [-0.25, -0.2) is 13.4 Å². The van der Waals surface area contributed by atoms with Gasteiger partial charge < -0.3 is 20.7 Å². The Balaban J connectivity index is 1.28. The monoisotopic (exact) mass is 571 g/mol. The molecule has 2 aromatic heterocycles. The van der Waals surface area contributed by atoms with Gasteiger partial charge in [0.15, 0.2) is 5.82 Å². The van der Waals surface area contributed by atoms with Crippen LogP contribution in [0.25, 0.3) is 0 Å². The maximum atomic E-state index is 13.1. The summed E-state index contributed by atoms with van der Waals surface area (Å²) in [4.78, 5) is 8.96. The van der Waals surface area contributed by atoms with Gasteiger partial charge in [-0.1, -0.05) is 17.7 Å². The van der Waals surface area contributed by atoms with Crippen molar-refractivity contribution in [2.75, 3.05) is 23.7 Å². The van der Waals surface area contributed by atoms with Crippen LogP contribution in [0.5, 0.6) is 5.75 Å². The molecule has 6 rings (SSSR count). The number of hydrogen-bond acceptors (Lipinski definition) is 9. The van der Waals surface area contributed by atoms with Gasteiger partial charge in [-0.2, -0.15) is 10.1 Å². The van der Waals surface area contributed by atoms with Crippen molar-refractivity contribution in [1.29, 1.82) is 0 Å². The number of rotatable bonds is 10. The molecular weight excluding hydrogens is 538 g/mol. The molecule has 3 N–H and O–H groups in total. The number of nitrogens with zero attached hydrogens (tertiary/aromatic N) is 4. The highest BCUT2D eigenvalue weighted by atomic mass is 35.5. The number of benzene rings is 1. The lowest BCUT2D eigenvalue weighted by Gasteiger charge is -2.24. The predicted molar refractivity (Wildman–Crippen MR) is 151 cm³/mol. The summed E-state index contributed by atoms with van der Waals surface area (Å²) in [6, 6.07) is 6.52. The number of sulfone groups is 1. The van der Waals surface area contributed by atoms with Crippen LogP contribution < -0.4 is 20.7 Å². The van der Waals surface area contributed by atoms with Crippen LogP contribution in [0.2, 0.25) is 5.02 Å². The Morgan fingerprint density at radius 3 is 2.54 bits per heavy atom. The second-order valence-electron chi connectivity index (χ2n) is 10.9. The fraction of sp³-hybridized carbons (Fsp3) is 0.519. The van der Waals surface area contributed by atoms with Gasteiger partial charge in [-0.15, -0.1) is 0 Å². The number of piperidine rings is 1. The molecule has 0 radical (unpaired) electrons. The molecule has 3 aromatic rings. The standard InChI is InChI=1S/C27H34ClN7O3S/c1-16(2)39(36,37)26-23(15-35(34-26)19-4-5-19)31-25-21(28)14-30-27(33-25)32-22-8-3-18(17-9-11-29-12-10-17)13-24(22)38-20-6-7-20/h3,8,13-17,19-20,29H,4-7,9-12H2,1-2H3,(H2,30,31,32,33). The molecule has 3 aliphatic rings. The van der Waals surface area contributed by atoms with E-state index < -0.39 is 15.1 Å². The molecular formula is C27H34ClN7O3S. The maximum absolute atomic E-state index is 13.1. The molecule has 1 aromatic carbocycles. The lowest BCUT2D eigenvalue weighted by atomic mass is 9.90. The van der Waals surface area contributed by atoms with E-state index in [1.54, 1.807) is 24.7 Å². The van der Waals surface area contributed by atoms with E-state index in [4.69, 9.17) is 16.3 Å². The van der Waals surface area contributed by atoms with Crippen molar-refractivity contribution in [2.24, 2.45) is 0 Å². The van der Waals surface area contributed by atoms with Crippen LogP contribution in [0, 0.1) is 0 Å². The van der Waals surface area contributed by atoms with Crippen LogP contribution in [0.1, 0.15) is 69.9 Å². The Labute approximate surface area is 233 Å². The predicted octanol–water partition coefficient (Wildman–Crippen LogP) is 5.34. The largest absolute Gasteiger partial charge is 0.488 e. The van der Waals surface area contributed by atoms with Gasteiger partial charge >= 0.3 is 0 Å². The molecule has 208 valence electrons. The van der Waals surface area contributed by atoms with Gasteiger partial charge in [-0.3, -0.25) is 4.68 Å². The number of hydrogen-bond donors (Lipinski definition) is 3. The van der Waals surface area contributed by atoms with Crippen LogP contribution in [0.4, 0.5) is 23.1 Å². The topological polar surface area (TPSA) is 123 Å². The van der Waals surface area contributed by atoms with E-state index in [-0.39, 0.29) is 22.2 Å². The number of anilines is 4. The first-order valence-electron chi connectivity index (χ1n) is 13.7. The van der Waals surface area contributed by atoms with Crippen molar-refractivity contribution in [2.45, 2.75) is 80.7 Å². The Morgan fingerprint density at radius 2 is 1.85 bits per heavy atom. The quantitative estimate of drug-likeness (QED) is 0.296. The summed E-state index contributed by atoms with van der Waals surface area (Å²) in [7, 11) is -3.63. The van der Waals surface area contributed by atoms with Crippen LogP contribution in [-0.4, -0.2) is 52.6 Å². The SMILES string of the molecule is CC(C)S(=O)(=O)c1nn(C2CC2)cc1Nc1nc(Nc2ccc(C3CCNCC3)cc2OC2CC2)ncc1Cl. The third-order valence-corrected chi connectivity index (χ3v) is 9.75. The van der Waals surface area contributed by atoms with E-state index in [0.717, 1.165) is 63.1 Å². The molecule has 3 heterocycles. The summed E-state index contributed by atoms with van der Waals surface area (Å²) >= 11 is 6.45. The highest BCUT2D eigenvalue weighted by Gasteiger charge is 2.32. The van der Waals surface area contributed by atoms with Gasteiger partial charge in [0, 0.05) is 0 Å². The zero-order valence-electron chi connectivity index (χ0n) is 22.2. The highest BCUT2D eigenvalue weighted by Crippen LogP contribution is 2.39. The maximum Gasteiger partial charge on any atom is 0.229 e. The van der Waals surface area contributed by atoms with Crippen molar-refractivity contribution in [3.8, 4) is 5.75 Å². The second kappa shape index (κ2) is 10.6. The first kappa shape index (κ1) is 26.3. The minimum Gasteiger partial charge on any atom is -0.488 e. The summed E-state index contributed by atoms with van der Waals surface area (Å²) in [6.45, 7) is 5.34. The van der Waals surface area contributed by atoms with Crippen molar-refractivity contribution in [3.05, 3.63) is 41.2 Å². The van der Waals surface area contributed by atoms with Crippen LogP contribution in [-0.2, 0) is 9.84 Å². The van der Waals surface area contributed by atoms with Gasteiger partial charge in [0.05, 0.1) is 41.2 Å². The Hall–Kier alpha value is -2.89. The summed E-state index contributed by atoms with van der Waals surface area (Å²) in [6.07, 6.45) is 9.73. The summed E-state index contributed by atoms with van der Waals surface area (Å²) in [5.74, 6) is 1.91. The van der Waals surface area contributed by atoms with Gasteiger partial charge in [0.25, 0.3) is 0 Å². The summed E-state index contributed by atoms with van der Waals surface area (Å²) in [5.41, 5.74) is 2.41. The molecule has 1 aliphatic heterocycles. The fourth-order valence-electron chi connectivity index (χ4n) is 4.70. The van der Waals surface area contributed by atoms with E-state index in [2.05, 4.69) is 43.1 Å². The molecule has 0 amide bonds. The number of aromatic nitrogens is 4. The van der Waals surface area contributed by atoms with Gasteiger partial charge in [0.2, 0.25) is 20.8 Å². The lowest BCUT2D eigenvalue weighted by molar-refractivity contribution is 0.304. The van der Waals surface area contributed by atoms with E-state index in [9.17, 15) is 8.42 Å². The fourth-order valence-corrected chi connectivity index (χ4v) is 5.90. The van der Waals surface area contributed by atoms with Gasteiger partial charge in [0.1, 0.15) is 10.8 Å². The van der Waals surface area contributed by atoms with Gasteiger partial charge in [-0.05, 0) is 89.1 Å². The zero-order valence-corrected chi connectivity index (χ0v) is 23.7. The third-order valence-electron chi connectivity index (χ3n) is 7.39. The molecule has 2 saturated carbocycles. The number of halogens is 1.